The molecule has 0 bridgehead atoms. The molecule has 0 spiro atoms. The molecule has 0 aromatic carbocycles. The molecule has 2 N–H and O–H groups in total. The average Bonchev–Trinajstić information content (AvgIpc) is 2.88. The lowest BCUT2D eigenvalue weighted by Gasteiger charge is -2.21. The number of carboxylic acid groups (broad SMARTS) is 1. The highest BCUT2D eigenvalue weighted by Crippen LogP contribution is 2.21. The minimum absolute atomic E-state index is 0.0232. The van der Waals surface area contributed by atoms with Gasteiger partial charge in [-0.2, -0.15) is 4.98 Å². The van der Waals surface area contributed by atoms with Gasteiger partial charge in [0, 0.05) is 18.8 Å². The third kappa shape index (κ3) is 7.25. The molecule has 1 aromatic heterocycles. The maximum Gasteiger partial charge on any atom is 0.326 e. The second-order valence-corrected chi connectivity index (χ2v) is 7.26. The monoisotopic (exact) mass is 325 g/mol. The molecule has 1 rings (SSSR count). The molecule has 0 aliphatic carbocycles. The summed E-state index contributed by atoms with van der Waals surface area (Å²) in [5.74, 6) is -0.173. The van der Waals surface area contributed by atoms with Crippen LogP contribution in [-0.2, 0) is 16.0 Å². The normalized spacial score (nSPS) is 13.1. The van der Waals surface area contributed by atoms with Crippen LogP contribution in [0.1, 0.15) is 71.5 Å². The number of hydrogen-bond acceptors (Lipinski definition) is 5. The summed E-state index contributed by atoms with van der Waals surface area (Å²) in [6.45, 7) is 10.0. The lowest BCUT2D eigenvalue weighted by molar-refractivity contribution is -0.142. The quantitative estimate of drug-likeness (QED) is 0.761. The number of aromatic nitrogens is 2. The van der Waals surface area contributed by atoms with Crippen molar-refractivity contribution in [3.05, 3.63) is 11.7 Å². The molecule has 0 radical (unpaired) electrons. The fraction of sp³-hybridized carbons (Fsp3) is 0.750. The molecule has 0 fully saturated rings. The SMILES string of the molecule is CC(C)c1noc(CCC(=O)NC(CCC(C)(C)C)C(=O)O)n1. The van der Waals surface area contributed by atoms with Gasteiger partial charge in [0.2, 0.25) is 11.8 Å². The zero-order chi connectivity index (χ0) is 17.6. The van der Waals surface area contributed by atoms with Crippen LogP contribution in [0.3, 0.4) is 0 Å². The Morgan fingerprint density at radius 1 is 1.30 bits per heavy atom. The average molecular weight is 325 g/mol. The number of aryl methyl sites for hydroxylation is 1. The van der Waals surface area contributed by atoms with Crippen LogP contribution in [0.25, 0.3) is 0 Å². The van der Waals surface area contributed by atoms with E-state index >= 15 is 0 Å². The lowest BCUT2D eigenvalue weighted by Crippen LogP contribution is -2.41. The van der Waals surface area contributed by atoms with Crippen LogP contribution in [-0.4, -0.2) is 33.2 Å². The predicted octanol–water partition coefficient (Wildman–Crippen LogP) is 2.52. The van der Waals surface area contributed by atoms with Gasteiger partial charge in [0.15, 0.2) is 5.82 Å². The van der Waals surface area contributed by atoms with Crippen molar-refractivity contribution >= 4 is 11.9 Å². The molecular weight excluding hydrogens is 298 g/mol. The first-order valence-electron chi connectivity index (χ1n) is 7.93. The molecule has 0 aliphatic rings. The summed E-state index contributed by atoms with van der Waals surface area (Å²) >= 11 is 0. The van der Waals surface area contributed by atoms with E-state index in [0.717, 1.165) is 0 Å². The van der Waals surface area contributed by atoms with Crippen LogP contribution in [0.15, 0.2) is 4.52 Å². The van der Waals surface area contributed by atoms with Gasteiger partial charge in [0.25, 0.3) is 0 Å². The number of carboxylic acids is 1. The maximum atomic E-state index is 11.9. The molecule has 1 amide bonds. The number of rotatable bonds is 8. The first-order chi connectivity index (χ1) is 10.6. The van der Waals surface area contributed by atoms with Gasteiger partial charge in [-0.1, -0.05) is 39.8 Å². The van der Waals surface area contributed by atoms with Gasteiger partial charge in [-0.25, -0.2) is 4.79 Å². The van der Waals surface area contributed by atoms with Crippen LogP contribution in [0.5, 0.6) is 0 Å². The van der Waals surface area contributed by atoms with Crippen molar-refractivity contribution in [1.82, 2.24) is 15.5 Å². The van der Waals surface area contributed by atoms with Gasteiger partial charge < -0.3 is 14.9 Å². The van der Waals surface area contributed by atoms with Crippen molar-refractivity contribution in [2.45, 2.75) is 72.3 Å². The molecule has 130 valence electrons. The van der Waals surface area contributed by atoms with E-state index in [1.165, 1.54) is 0 Å². The first kappa shape index (κ1) is 19.1. The molecular formula is C16H27N3O4. The summed E-state index contributed by atoms with van der Waals surface area (Å²) in [7, 11) is 0. The van der Waals surface area contributed by atoms with Crippen molar-refractivity contribution < 1.29 is 19.2 Å². The van der Waals surface area contributed by atoms with Gasteiger partial charge in [-0.3, -0.25) is 4.79 Å². The van der Waals surface area contributed by atoms with Gasteiger partial charge in [0.1, 0.15) is 6.04 Å². The molecule has 7 nitrogen and oxygen atoms in total. The van der Waals surface area contributed by atoms with E-state index in [-0.39, 0.29) is 23.7 Å². The molecule has 0 saturated carbocycles. The summed E-state index contributed by atoms with van der Waals surface area (Å²) in [6, 6.07) is -0.865. The van der Waals surface area contributed by atoms with Gasteiger partial charge in [0.05, 0.1) is 0 Å². The van der Waals surface area contributed by atoms with Gasteiger partial charge in [-0.15, -0.1) is 0 Å². The second kappa shape index (κ2) is 8.08. The molecule has 1 heterocycles. The van der Waals surface area contributed by atoms with Crippen LogP contribution in [0, 0.1) is 5.41 Å². The van der Waals surface area contributed by atoms with E-state index in [1.807, 2.05) is 34.6 Å². The van der Waals surface area contributed by atoms with Gasteiger partial charge in [-0.05, 0) is 18.3 Å². The van der Waals surface area contributed by atoms with Gasteiger partial charge >= 0.3 is 5.97 Å². The van der Waals surface area contributed by atoms with E-state index in [0.29, 0.717) is 31.0 Å². The highest BCUT2D eigenvalue weighted by molar-refractivity contribution is 5.83. The molecule has 0 aliphatic heterocycles. The first-order valence-corrected chi connectivity index (χ1v) is 7.93. The molecule has 0 saturated heterocycles. The zero-order valence-corrected chi connectivity index (χ0v) is 14.5. The fourth-order valence-electron chi connectivity index (χ4n) is 1.93. The van der Waals surface area contributed by atoms with Crippen LogP contribution in [0.2, 0.25) is 0 Å². The summed E-state index contributed by atoms with van der Waals surface area (Å²) in [4.78, 5) is 27.4. The lowest BCUT2D eigenvalue weighted by atomic mass is 9.88. The standard InChI is InChI=1S/C16H27N3O4/c1-10(2)14-18-13(23-19-14)7-6-12(20)17-11(15(21)22)8-9-16(3,4)5/h10-11H,6-9H2,1-5H3,(H,17,20)(H,21,22). The molecule has 23 heavy (non-hydrogen) atoms. The maximum absolute atomic E-state index is 11.9. The summed E-state index contributed by atoms with van der Waals surface area (Å²) in [6.07, 6.45) is 1.55. The number of carbonyl (C=O) groups excluding carboxylic acids is 1. The van der Waals surface area contributed by atoms with E-state index in [4.69, 9.17) is 4.52 Å². The Kier molecular flexibility index (Phi) is 6.72. The third-order valence-corrected chi connectivity index (χ3v) is 3.38. The van der Waals surface area contributed by atoms with Crippen molar-refractivity contribution in [3.8, 4) is 0 Å². The fourth-order valence-corrected chi connectivity index (χ4v) is 1.93. The smallest absolute Gasteiger partial charge is 0.326 e. The summed E-state index contributed by atoms with van der Waals surface area (Å²) in [5, 5.41) is 15.6. The molecule has 1 unspecified atom stereocenters. The van der Waals surface area contributed by atoms with E-state index in [2.05, 4.69) is 15.5 Å². The highest BCUT2D eigenvalue weighted by atomic mass is 16.5. The van der Waals surface area contributed by atoms with E-state index in [9.17, 15) is 14.7 Å². The van der Waals surface area contributed by atoms with Crippen molar-refractivity contribution in [1.29, 1.82) is 0 Å². The van der Waals surface area contributed by atoms with Crippen molar-refractivity contribution in [2.24, 2.45) is 5.41 Å². The van der Waals surface area contributed by atoms with Crippen molar-refractivity contribution in [2.75, 3.05) is 0 Å². The highest BCUT2D eigenvalue weighted by Gasteiger charge is 2.23. The largest absolute Gasteiger partial charge is 0.480 e. The minimum Gasteiger partial charge on any atom is -0.480 e. The topological polar surface area (TPSA) is 105 Å². The number of amides is 1. The van der Waals surface area contributed by atoms with E-state index in [1.54, 1.807) is 0 Å². The Hall–Kier alpha value is -1.92. The minimum atomic E-state index is -1.01. The summed E-state index contributed by atoms with van der Waals surface area (Å²) in [5.41, 5.74) is 0.0232. The van der Waals surface area contributed by atoms with Crippen LogP contribution in [0.4, 0.5) is 0 Å². The number of nitrogens with one attached hydrogen (secondary N) is 1. The third-order valence-electron chi connectivity index (χ3n) is 3.38. The van der Waals surface area contributed by atoms with Crippen LogP contribution >= 0.6 is 0 Å². The Morgan fingerprint density at radius 2 is 1.96 bits per heavy atom. The number of hydrogen-bond donors (Lipinski definition) is 2. The Morgan fingerprint density at radius 3 is 2.43 bits per heavy atom. The Balaban J connectivity index is 2.47. The number of aliphatic carboxylic acids is 1. The predicted molar refractivity (Wildman–Crippen MR) is 85.0 cm³/mol. The Labute approximate surface area is 136 Å². The van der Waals surface area contributed by atoms with Crippen LogP contribution < -0.4 is 5.32 Å². The van der Waals surface area contributed by atoms with Crippen molar-refractivity contribution in [3.63, 3.8) is 0 Å². The molecule has 1 aromatic rings. The summed E-state index contributed by atoms with van der Waals surface area (Å²) < 4.78 is 5.06. The molecule has 1 atom stereocenters. The van der Waals surface area contributed by atoms with E-state index < -0.39 is 12.0 Å². The zero-order valence-electron chi connectivity index (χ0n) is 14.5. The number of carbonyl (C=O) groups is 2. The molecule has 7 heteroatoms. The number of nitrogens with zero attached hydrogens (tertiary/aromatic N) is 2. The second-order valence-electron chi connectivity index (χ2n) is 7.26. The Bertz CT molecular complexity index is 532.